The summed E-state index contributed by atoms with van der Waals surface area (Å²) < 4.78 is 0. The summed E-state index contributed by atoms with van der Waals surface area (Å²) in [6.07, 6.45) is 6.81. The molecule has 3 aromatic rings. The summed E-state index contributed by atoms with van der Waals surface area (Å²) in [5.41, 5.74) is 3.69. The third-order valence-electron chi connectivity index (χ3n) is 7.13. The number of nitrogens with one attached hydrogen (secondary N) is 2. The molecule has 33 heavy (non-hydrogen) atoms. The number of aryl methyl sites for hydroxylation is 1. The van der Waals surface area contributed by atoms with E-state index in [1.165, 1.54) is 11.1 Å². The van der Waals surface area contributed by atoms with E-state index in [0.29, 0.717) is 12.0 Å². The van der Waals surface area contributed by atoms with Gasteiger partial charge in [0, 0.05) is 37.5 Å². The molecule has 1 heterocycles. The Labute approximate surface area is 195 Å². The van der Waals surface area contributed by atoms with Crippen LogP contribution in [0.3, 0.4) is 0 Å². The topological polar surface area (TPSA) is 70.2 Å². The molecular weight excluding hydrogens is 410 g/mol. The molecule has 2 N–H and O–H groups in total. The normalized spacial score (nSPS) is 22.4. The van der Waals surface area contributed by atoms with Crippen LogP contribution in [0.2, 0.25) is 0 Å². The van der Waals surface area contributed by atoms with Gasteiger partial charge in [0.05, 0.1) is 5.52 Å². The van der Waals surface area contributed by atoms with E-state index in [1.807, 2.05) is 37.2 Å². The lowest BCUT2D eigenvalue weighted by Crippen LogP contribution is -2.43. The number of anilines is 2. The van der Waals surface area contributed by atoms with Crippen molar-refractivity contribution in [1.29, 1.82) is 0 Å². The van der Waals surface area contributed by atoms with Crippen molar-refractivity contribution in [2.24, 2.45) is 5.92 Å². The van der Waals surface area contributed by atoms with Crippen molar-refractivity contribution in [3.63, 3.8) is 0 Å². The first-order valence-electron chi connectivity index (χ1n) is 12.1. The van der Waals surface area contributed by atoms with Crippen LogP contribution in [0, 0.1) is 5.92 Å². The molecule has 0 aliphatic heterocycles. The number of aromatic nitrogens is 2. The Morgan fingerprint density at radius 3 is 2.36 bits per heavy atom. The summed E-state index contributed by atoms with van der Waals surface area (Å²) in [6, 6.07) is 17.3. The van der Waals surface area contributed by atoms with Gasteiger partial charge in [-0.3, -0.25) is 4.79 Å². The number of hydrogen-bond acceptors (Lipinski definition) is 5. The van der Waals surface area contributed by atoms with Crippen molar-refractivity contribution in [3.05, 3.63) is 59.7 Å². The lowest BCUT2D eigenvalue weighted by atomic mass is 9.83. The number of hydrogen-bond donors (Lipinski definition) is 2. The second-order valence-corrected chi connectivity index (χ2v) is 9.69. The predicted molar refractivity (Wildman–Crippen MR) is 134 cm³/mol. The van der Waals surface area contributed by atoms with Gasteiger partial charge in [-0.25, -0.2) is 4.98 Å². The van der Waals surface area contributed by atoms with Crippen molar-refractivity contribution in [3.8, 4) is 0 Å². The number of nitrogens with zero attached hydrogens (tertiary/aromatic N) is 3. The molecule has 0 radical (unpaired) electrons. The van der Waals surface area contributed by atoms with Crippen LogP contribution in [0.25, 0.3) is 10.9 Å². The Morgan fingerprint density at radius 2 is 1.58 bits per heavy atom. The van der Waals surface area contributed by atoms with Crippen LogP contribution in [0.5, 0.6) is 0 Å². The second-order valence-electron chi connectivity index (χ2n) is 9.69. The van der Waals surface area contributed by atoms with E-state index in [-0.39, 0.29) is 17.9 Å². The van der Waals surface area contributed by atoms with Gasteiger partial charge in [0.25, 0.3) is 0 Å². The molecule has 1 atom stereocenters. The minimum atomic E-state index is 0.103. The van der Waals surface area contributed by atoms with Crippen LogP contribution >= 0.6 is 0 Å². The molecule has 2 aliphatic carbocycles. The van der Waals surface area contributed by atoms with E-state index in [4.69, 9.17) is 9.97 Å². The predicted octanol–water partition coefficient (Wildman–Crippen LogP) is 4.34. The van der Waals surface area contributed by atoms with E-state index in [1.54, 1.807) is 0 Å². The molecule has 172 valence electrons. The smallest absolute Gasteiger partial charge is 0.225 e. The van der Waals surface area contributed by atoms with Crippen LogP contribution in [0.15, 0.2) is 48.5 Å². The van der Waals surface area contributed by atoms with Gasteiger partial charge in [0.1, 0.15) is 5.82 Å². The molecule has 1 amide bonds. The minimum absolute atomic E-state index is 0.103. The lowest BCUT2D eigenvalue weighted by Gasteiger charge is -2.32. The molecule has 1 saturated carbocycles. The summed E-state index contributed by atoms with van der Waals surface area (Å²) in [6.45, 7) is 0. The van der Waals surface area contributed by atoms with Gasteiger partial charge in [0.2, 0.25) is 11.9 Å². The maximum atomic E-state index is 12.9. The number of fused-ring (bicyclic) bond motifs is 2. The van der Waals surface area contributed by atoms with Gasteiger partial charge >= 0.3 is 0 Å². The van der Waals surface area contributed by atoms with Gasteiger partial charge in [-0.1, -0.05) is 36.4 Å². The molecule has 6 heteroatoms. The standard InChI is InChI=1S/C27H33N5O/c1-32(2)25-23-9-5-6-10-24(23)30-27(31-25)29-22-15-13-21(14-16-22)28-26(33)20-12-11-18-7-3-4-8-19(18)17-20/h3-10,20-22H,11-17H2,1-2H3,(H,28,33)(H,29,30,31)/t20?,21-,22+. The van der Waals surface area contributed by atoms with E-state index < -0.39 is 0 Å². The van der Waals surface area contributed by atoms with Crippen molar-refractivity contribution < 1.29 is 4.79 Å². The molecule has 0 spiro atoms. The number of para-hydroxylation sites is 1. The average molecular weight is 444 g/mol. The van der Waals surface area contributed by atoms with Gasteiger partial charge in [-0.15, -0.1) is 0 Å². The highest BCUT2D eigenvalue weighted by Gasteiger charge is 2.28. The van der Waals surface area contributed by atoms with Crippen molar-refractivity contribution >= 4 is 28.6 Å². The molecule has 0 bridgehead atoms. The van der Waals surface area contributed by atoms with Crippen LogP contribution < -0.4 is 15.5 Å². The molecule has 1 fully saturated rings. The molecule has 1 aromatic heterocycles. The summed E-state index contributed by atoms with van der Waals surface area (Å²) in [4.78, 5) is 24.5. The Bertz CT molecular complexity index is 1140. The van der Waals surface area contributed by atoms with E-state index in [0.717, 1.165) is 61.7 Å². The van der Waals surface area contributed by atoms with E-state index in [9.17, 15) is 4.79 Å². The van der Waals surface area contributed by atoms with Gasteiger partial charge in [-0.05, 0) is 68.2 Å². The first kappa shape index (κ1) is 21.7. The number of carbonyl (C=O) groups excluding carboxylic acids is 1. The molecule has 5 rings (SSSR count). The van der Waals surface area contributed by atoms with E-state index >= 15 is 0 Å². The quantitative estimate of drug-likeness (QED) is 0.614. The van der Waals surface area contributed by atoms with Crippen LogP contribution in [0.4, 0.5) is 11.8 Å². The fraction of sp³-hybridized carbons (Fsp3) is 0.444. The average Bonchev–Trinajstić information content (AvgIpc) is 2.84. The SMILES string of the molecule is CN(C)c1nc(N[C@H]2CC[C@@H](NC(=O)C3CCc4ccccc4C3)CC2)nc2ccccc12. The van der Waals surface area contributed by atoms with Crippen LogP contribution in [-0.4, -0.2) is 42.1 Å². The maximum Gasteiger partial charge on any atom is 0.225 e. The van der Waals surface area contributed by atoms with Crippen LogP contribution in [0.1, 0.15) is 43.2 Å². The number of rotatable bonds is 5. The van der Waals surface area contributed by atoms with Crippen LogP contribution in [-0.2, 0) is 17.6 Å². The number of amides is 1. The minimum Gasteiger partial charge on any atom is -0.362 e. The lowest BCUT2D eigenvalue weighted by molar-refractivity contribution is -0.126. The van der Waals surface area contributed by atoms with Gasteiger partial charge in [0.15, 0.2) is 0 Å². The fourth-order valence-corrected chi connectivity index (χ4v) is 5.27. The zero-order chi connectivity index (χ0) is 22.8. The summed E-state index contributed by atoms with van der Waals surface area (Å²) >= 11 is 0. The highest BCUT2D eigenvalue weighted by atomic mass is 16.1. The Kier molecular flexibility index (Phi) is 6.16. The third kappa shape index (κ3) is 4.80. The zero-order valence-electron chi connectivity index (χ0n) is 19.6. The van der Waals surface area contributed by atoms with E-state index in [2.05, 4.69) is 41.0 Å². The summed E-state index contributed by atoms with van der Waals surface area (Å²) in [5.74, 6) is 1.95. The first-order chi connectivity index (χ1) is 16.1. The van der Waals surface area contributed by atoms with Crippen molar-refractivity contribution in [2.75, 3.05) is 24.3 Å². The van der Waals surface area contributed by atoms with Crippen molar-refractivity contribution in [2.45, 2.75) is 57.0 Å². The number of benzene rings is 2. The van der Waals surface area contributed by atoms with Crippen molar-refractivity contribution in [1.82, 2.24) is 15.3 Å². The Balaban J connectivity index is 1.16. The third-order valence-corrected chi connectivity index (χ3v) is 7.13. The maximum absolute atomic E-state index is 12.9. The first-order valence-corrected chi connectivity index (χ1v) is 12.1. The zero-order valence-corrected chi connectivity index (χ0v) is 19.6. The summed E-state index contributed by atoms with van der Waals surface area (Å²) in [7, 11) is 4.02. The molecular formula is C27H33N5O. The molecule has 1 unspecified atom stereocenters. The van der Waals surface area contributed by atoms with Gasteiger partial charge < -0.3 is 15.5 Å². The summed E-state index contributed by atoms with van der Waals surface area (Å²) in [5, 5.41) is 7.96. The largest absolute Gasteiger partial charge is 0.362 e. The fourth-order valence-electron chi connectivity index (χ4n) is 5.27. The number of carbonyl (C=O) groups is 1. The highest BCUT2D eigenvalue weighted by Crippen LogP contribution is 2.28. The molecule has 0 saturated heterocycles. The Hall–Kier alpha value is -3.15. The molecule has 6 nitrogen and oxygen atoms in total. The van der Waals surface area contributed by atoms with Gasteiger partial charge in [-0.2, -0.15) is 4.98 Å². The molecule has 2 aromatic carbocycles. The monoisotopic (exact) mass is 443 g/mol. The highest BCUT2D eigenvalue weighted by molar-refractivity contribution is 5.90. The Morgan fingerprint density at radius 1 is 0.879 bits per heavy atom. The second kappa shape index (κ2) is 9.38. The molecule has 2 aliphatic rings.